The molecule has 0 unspecified atom stereocenters. The minimum absolute atomic E-state index is 0.122. The molecule has 0 saturated heterocycles. The van der Waals surface area contributed by atoms with E-state index in [-0.39, 0.29) is 17.6 Å². The number of thiazole rings is 1. The molecule has 134 valence electrons. The summed E-state index contributed by atoms with van der Waals surface area (Å²) in [6.45, 7) is 1.96. The van der Waals surface area contributed by atoms with E-state index in [1.807, 2.05) is 36.4 Å². The van der Waals surface area contributed by atoms with Gasteiger partial charge in [0.2, 0.25) is 0 Å². The van der Waals surface area contributed by atoms with Gasteiger partial charge in [0.1, 0.15) is 5.75 Å². The second kappa shape index (κ2) is 8.44. The first kappa shape index (κ1) is 18.6. The number of rotatable bonds is 5. The Morgan fingerprint density at radius 2 is 2.04 bits per heavy atom. The summed E-state index contributed by atoms with van der Waals surface area (Å²) in [6, 6.07) is 13.1. The Kier molecular flexibility index (Phi) is 6.03. The fraction of sp³-hybridized carbons (Fsp3) is 0.167. The number of carbonyl (C=O) groups is 1. The van der Waals surface area contributed by atoms with Gasteiger partial charge in [-0.1, -0.05) is 42.0 Å². The van der Waals surface area contributed by atoms with Crippen LogP contribution in [0.5, 0.6) is 5.75 Å². The Labute approximate surface area is 165 Å². The molecule has 0 aliphatic heterocycles. The predicted octanol–water partition coefficient (Wildman–Crippen LogP) is 4.40. The van der Waals surface area contributed by atoms with Crippen molar-refractivity contribution in [3.05, 3.63) is 53.1 Å². The molecular formula is C18H16ClN3O2S2. The van der Waals surface area contributed by atoms with Gasteiger partial charge < -0.3 is 10.1 Å². The lowest BCUT2D eigenvalue weighted by atomic mass is 10.2. The van der Waals surface area contributed by atoms with Gasteiger partial charge in [-0.05, 0) is 54.5 Å². The van der Waals surface area contributed by atoms with Crippen LogP contribution in [0.1, 0.15) is 12.5 Å². The highest BCUT2D eigenvalue weighted by Gasteiger charge is 2.09. The van der Waals surface area contributed by atoms with Crippen LogP contribution in [0.15, 0.2) is 42.5 Å². The van der Waals surface area contributed by atoms with Gasteiger partial charge in [-0.2, -0.15) is 0 Å². The largest absolute Gasteiger partial charge is 0.484 e. The van der Waals surface area contributed by atoms with Crippen LogP contribution in [0.2, 0.25) is 5.02 Å². The van der Waals surface area contributed by atoms with Gasteiger partial charge in [-0.3, -0.25) is 10.1 Å². The van der Waals surface area contributed by atoms with Crippen LogP contribution in [-0.2, 0) is 11.2 Å². The number of thiocarbonyl (C=S) groups is 1. The first-order valence-corrected chi connectivity index (χ1v) is 9.52. The van der Waals surface area contributed by atoms with Crippen molar-refractivity contribution in [2.75, 3.05) is 11.9 Å². The summed E-state index contributed by atoms with van der Waals surface area (Å²) in [5, 5.41) is 6.88. The molecule has 3 aromatic rings. The summed E-state index contributed by atoms with van der Waals surface area (Å²) in [6.07, 6.45) is 0.957. The van der Waals surface area contributed by atoms with Gasteiger partial charge in [0, 0.05) is 5.02 Å². The number of halogens is 1. The summed E-state index contributed by atoms with van der Waals surface area (Å²) >= 11 is 12.5. The number of nitrogens with zero attached hydrogens (tertiary/aromatic N) is 1. The van der Waals surface area contributed by atoms with Gasteiger partial charge >= 0.3 is 0 Å². The summed E-state index contributed by atoms with van der Waals surface area (Å²) in [4.78, 5) is 16.3. The zero-order valence-corrected chi connectivity index (χ0v) is 16.3. The van der Waals surface area contributed by atoms with Crippen molar-refractivity contribution < 1.29 is 9.53 Å². The number of benzene rings is 2. The fourth-order valence-corrected chi connectivity index (χ4v) is 3.63. The third-order valence-electron chi connectivity index (χ3n) is 3.53. The third-order valence-corrected chi connectivity index (χ3v) is 4.90. The lowest BCUT2D eigenvalue weighted by molar-refractivity contribution is -0.121. The zero-order valence-electron chi connectivity index (χ0n) is 13.9. The van der Waals surface area contributed by atoms with Gasteiger partial charge in [0.05, 0.1) is 10.2 Å². The second-order valence-electron chi connectivity index (χ2n) is 5.42. The Bertz CT molecular complexity index is 941. The van der Waals surface area contributed by atoms with Gasteiger partial charge in [0.15, 0.2) is 16.9 Å². The van der Waals surface area contributed by atoms with Crippen LogP contribution in [0.4, 0.5) is 5.13 Å². The van der Waals surface area contributed by atoms with Crippen LogP contribution < -0.4 is 15.4 Å². The number of hydrogen-bond donors (Lipinski definition) is 2. The van der Waals surface area contributed by atoms with E-state index in [1.54, 1.807) is 6.07 Å². The topological polar surface area (TPSA) is 63.2 Å². The van der Waals surface area contributed by atoms with E-state index in [2.05, 4.69) is 22.5 Å². The Hall–Kier alpha value is -2.22. The molecule has 0 fully saturated rings. The highest BCUT2D eigenvalue weighted by Crippen LogP contribution is 2.28. The van der Waals surface area contributed by atoms with Crippen molar-refractivity contribution >= 4 is 61.5 Å². The Morgan fingerprint density at radius 1 is 1.27 bits per heavy atom. The number of ether oxygens (including phenoxy) is 1. The molecule has 0 atom stereocenters. The van der Waals surface area contributed by atoms with Crippen LogP contribution in [0.3, 0.4) is 0 Å². The molecular weight excluding hydrogens is 390 g/mol. The SMILES string of the molecule is CCc1ccc(OCC(=O)NC(=S)Nc2nc3ccc(Cl)cc3s2)cc1. The Morgan fingerprint density at radius 3 is 2.77 bits per heavy atom. The molecule has 0 aliphatic carbocycles. The van der Waals surface area contributed by atoms with Crippen molar-refractivity contribution in [1.29, 1.82) is 0 Å². The van der Waals surface area contributed by atoms with Crippen molar-refractivity contribution in [1.82, 2.24) is 10.3 Å². The number of hydrogen-bond acceptors (Lipinski definition) is 5. The third kappa shape index (κ3) is 4.91. The molecule has 3 rings (SSSR count). The van der Waals surface area contributed by atoms with E-state index < -0.39 is 0 Å². The molecule has 0 aliphatic rings. The molecule has 0 spiro atoms. The molecule has 1 aromatic heterocycles. The van der Waals surface area contributed by atoms with Gasteiger partial charge in [-0.15, -0.1) is 0 Å². The van der Waals surface area contributed by atoms with Crippen LogP contribution in [0.25, 0.3) is 10.2 Å². The van der Waals surface area contributed by atoms with E-state index >= 15 is 0 Å². The molecule has 2 aromatic carbocycles. The maximum Gasteiger partial charge on any atom is 0.264 e. The average molecular weight is 406 g/mol. The highest BCUT2D eigenvalue weighted by atomic mass is 35.5. The number of carbonyl (C=O) groups excluding carboxylic acids is 1. The van der Waals surface area contributed by atoms with Gasteiger partial charge in [-0.25, -0.2) is 4.98 Å². The summed E-state index contributed by atoms with van der Waals surface area (Å²) < 4.78 is 6.39. The number of aryl methyl sites for hydroxylation is 1. The number of aromatic nitrogens is 1. The highest BCUT2D eigenvalue weighted by molar-refractivity contribution is 7.80. The number of anilines is 1. The molecule has 1 amide bonds. The lowest BCUT2D eigenvalue weighted by Crippen LogP contribution is -2.37. The summed E-state index contributed by atoms with van der Waals surface area (Å²) in [5.41, 5.74) is 2.03. The van der Waals surface area contributed by atoms with E-state index in [4.69, 9.17) is 28.6 Å². The summed E-state index contributed by atoms with van der Waals surface area (Å²) in [7, 11) is 0. The minimum atomic E-state index is -0.341. The molecule has 0 bridgehead atoms. The first-order valence-electron chi connectivity index (χ1n) is 7.92. The van der Waals surface area contributed by atoms with Crippen LogP contribution in [-0.4, -0.2) is 22.6 Å². The molecule has 0 saturated carbocycles. The van der Waals surface area contributed by atoms with Crippen LogP contribution >= 0.6 is 35.2 Å². The Balaban J connectivity index is 1.50. The molecule has 8 heteroatoms. The zero-order chi connectivity index (χ0) is 18.5. The molecule has 1 heterocycles. The molecule has 2 N–H and O–H groups in total. The summed E-state index contributed by atoms with van der Waals surface area (Å²) in [5.74, 6) is 0.297. The predicted molar refractivity (Wildman–Crippen MR) is 110 cm³/mol. The average Bonchev–Trinajstić information content (AvgIpc) is 3.01. The van der Waals surface area contributed by atoms with E-state index in [9.17, 15) is 4.79 Å². The number of fused-ring (bicyclic) bond motifs is 1. The molecule has 5 nitrogen and oxygen atoms in total. The number of nitrogens with one attached hydrogen (secondary N) is 2. The fourth-order valence-electron chi connectivity index (χ4n) is 2.21. The molecule has 26 heavy (non-hydrogen) atoms. The maximum atomic E-state index is 12.0. The second-order valence-corrected chi connectivity index (χ2v) is 7.29. The van der Waals surface area contributed by atoms with Gasteiger partial charge in [0.25, 0.3) is 5.91 Å². The quantitative estimate of drug-likeness (QED) is 0.616. The minimum Gasteiger partial charge on any atom is -0.484 e. The maximum absolute atomic E-state index is 12.0. The van der Waals surface area contributed by atoms with Crippen molar-refractivity contribution in [3.63, 3.8) is 0 Å². The van der Waals surface area contributed by atoms with Crippen molar-refractivity contribution in [3.8, 4) is 5.75 Å². The number of amides is 1. The molecule has 0 radical (unpaired) electrons. The standard InChI is InChI=1S/C18H16ClN3O2S2/c1-2-11-3-6-13(7-4-11)24-10-16(23)21-17(25)22-18-20-14-8-5-12(19)9-15(14)26-18/h3-9H,2,10H2,1H3,(H2,20,21,22,23,25). The van der Waals surface area contributed by atoms with Crippen molar-refractivity contribution in [2.24, 2.45) is 0 Å². The van der Waals surface area contributed by atoms with E-state index in [1.165, 1.54) is 16.9 Å². The smallest absolute Gasteiger partial charge is 0.264 e. The monoisotopic (exact) mass is 405 g/mol. The normalized spacial score (nSPS) is 10.5. The first-order chi connectivity index (χ1) is 12.5. The van der Waals surface area contributed by atoms with E-state index in [0.29, 0.717) is 15.9 Å². The lowest BCUT2D eigenvalue weighted by Gasteiger charge is -2.09. The van der Waals surface area contributed by atoms with E-state index in [0.717, 1.165) is 16.6 Å². The van der Waals surface area contributed by atoms with Crippen molar-refractivity contribution in [2.45, 2.75) is 13.3 Å². The van der Waals surface area contributed by atoms with Crippen LogP contribution in [0, 0.1) is 0 Å².